The standard InChI is InChI=1S/C17H18N2OS/c1-4-20-13-7-8-14-16(10-13)21-17(18-14)19-15-9-11(2)5-6-12(15)3/h5-10H,4H2,1-3H3,(H,18,19). The minimum Gasteiger partial charge on any atom is -0.494 e. The van der Waals surface area contributed by atoms with E-state index in [1.165, 1.54) is 11.1 Å². The van der Waals surface area contributed by atoms with Gasteiger partial charge in [0.2, 0.25) is 0 Å². The minimum atomic E-state index is 0.678. The molecule has 21 heavy (non-hydrogen) atoms. The molecule has 0 aliphatic rings. The Bertz CT molecular complexity index is 780. The summed E-state index contributed by atoms with van der Waals surface area (Å²) >= 11 is 1.64. The van der Waals surface area contributed by atoms with E-state index in [9.17, 15) is 0 Å². The van der Waals surface area contributed by atoms with E-state index in [1.54, 1.807) is 11.3 Å². The number of ether oxygens (including phenoxy) is 1. The number of nitrogens with zero attached hydrogens (tertiary/aromatic N) is 1. The zero-order valence-electron chi connectivity index (χ0n) is 12.4. The van der Waals surface area contributed by atoms with Crippen molar-refractivity contribution in [3.05, 3.63) is 47.5 Å². The van der Waals surface area contributed by atoms with Crippen LogP contribution in [-0.2, 0) is 0 Å². The fourth-order valence-electron chi connectivity index (χ4n) is 2.20. The van der Waals surface area contributed by atoms with Gasteiger partial charge in [0.15, 0.2) is 5.13 Å². The van der Waals surface area contributed by atoms with Gasteiger partial charge in [-0.3, -0.25) is 0 Å². The van der Waals surface area contributed by atoms with Crippen LogP contribution >= 0.6 is 11.3 Å². The van der Waals surface area contributed by atoms with Crippen LogP contribution in [0.15, 0.2) is 36.4 Å². The maximum atomic E-state index is 5.53. The molecule has 1 N–H and O–H groups in total. The number of benzene rings is 2. The molecule has 0 aliphatic carbocycles. The third-order valence-electron chi connectivity index (χ3n) is 3.31. The van der Waals surface area contributed by atoms with E-state index in [2.05, 4.69) is 42.3 Å². The topological polar surface area (TPSA) is 34.1 Å². The molecule has 0 amide bonds. The summed E-state index contributed by atoms with van der Waals surface area (Å²) in [6.45, 7) is 6.86. The lowest BCUT2D eigenvalue weighted by Gasteiger charge is -2.07. The first-order valence-corrected chi connectivity index (χ1v) is 7.85. The number of fused-ring (bicyclic) bond motifs is 1. The Labute approximate surface area is 128 Å². The first-order valence-electron chi connectivity index (χ1n) is 7.03. The summed E-state index contributed by atoms with van der Waals surface area (Å²) in [5, 5.41) is 4.33. The van der Waals surface area contributed by atoms with Crippen LogP contribution in [0.3, 0.4) is 0 Å². The molecule has 0 bridgehead atoms. The number of thiazole rings is 1. The molecule has 0 radical (unpaired) electrons. The molecule has 3 aromatic rings. The van der Waals surface area contributed by atoms with Gasteiger partial charge in [-0.05, 0) is 56.2 Å². The summed E-state index contributed by atoms with van der Waals surface area (Å²) in [4.78, 5) is 4.63. The molecule has 1 aromatic heterocycles. The Morgan fingerprint density at radius 1 is 1.14 bits per heavy atom. The van der Waals surface area contributed by atoms with Crippen molar-refractivity contribution in [1.29, 1.82) is 0 Å². The number of rotatable bonds is 4. The van der Waals surface area contributed by atoms with Crippen LogP contribution in [0.2, 0.25) is 0 Å². The van der Waals surface area contributed by atoms with Crippen molar-refractivity contribution in [3.8, 4) is 5.75 Å². The van der Waals surface area contributed by atoms with Crippen LogP contribution in [0.1, 0.15) is 18.1 Å². The van der Waals surface area contributed by atoms with Crippen molar-refractivity contribution in [2.45, 2.75) is 20.8 Å². The molecule has 3 nitrogen and oxygen atoms in total. The van der Waals surface area contributed by atoms with Crippen molar-refractivity contribution in [3.63, 3.8) is 0 Å². The highest BCUT2D eigenvalue weighted by Crippen LogP contribution is 2.31. The monoisotopic (exact) mass is 298 g/mol. The maximum absolute atomic E-state index is 5.53. The number of hydrogen-bond acceptors (Lipinski definition) is 4. The summed E-state index contributed by atoms with van der Waals surface area (Å²) in [6.07, 6.45) is 0. The first-order chi connectivity index (χ1) is 10.2. The highest BCUT2D eigenvalue weighted by Gasteiger charge is 2.07. The van der Waals surface area contributed by atoms with Gasteiger partial charge in [-0.2, -0.15) is 0 Å². The fourth-order valence-corrected chi connectivity index (χ4v) is 3.11. The van der Waals surface area contributed by atoms with Gasteiger partial charge in [0, 0.05) is 5.69 Å². The Morgan fingerprint density at radius 3 is 2.81 bits per heavy atom. The molecular weight excluding hydrogens is 280 g/mol. The summed E-state index contributed by atoms with van der Waals surface area (Å²) in [5.41, 5.74) is 4.56. The van der Waals surface area contributed by atoms with E-state index in [0.717, 1.165) is 26.8 Å². The summed E-state index contributed by atoms with van der Waals surface area (Å²) < 4.78 is 6.67. The smallest absolute Gasteiger partial charge is 0.188 e. The van der Waals surface area contributed by atoms with Crippen LogP contribution in [-0.4, -0.2) is 11.6 Å². The molecule has 0 fully saturated rings. The maximum Gasteiger partial charge on any atom is 0.188 e. The van der Waals surface area contributed by atoms with Crippen LogP contribution < -0.4 is 10.1 Å². The average molecular weight is 298 g/mol. The third kappa shape index (κ3) is 3.00. The molecule has 0 saturated carbocycles. The van der Waals surface area contributed by atoms with Gasteiger partial charge in [-0.15, -0.1) is 0 Å². The Kier molecular flexibility index (Phi) is 3.80. The van der Waals surface area contributed by atoms with Gasteiger partial charge in [-0.1, -0.05) is 23.5 Å². The quantitative estimate of drug-likeness (QED) is 0.731. The molecule has 0 aliphatic heterocycles. The normalized spacial score (nSPS) is 10.8. The molecule has 2 aromatic carbocycles. The lowest BCUT2D eigenvalue weighted by atomic mass is 10.1. The number of hydrogen-bond donors (Lipinski definition) is 1. The number of aryl methyl sites for hydroxylation is 2. The second kappa shape index (κ2) is 5.74. The molecule has 0 unspecified atom stereocenters. The lowest BCUT2D eigenvalue weighted by molar-refractivity contribution is 0.341. The molecule has 0 spiro atoms. The summed E-state index contributed by atoms with van der Waals surface area (Å²) in [6, 6.07) is 12.4. The average Bonchev–Trinajstić information content (AvgIpc) is 2.85. The molecule has 108 valence electrons. The molecule has 0 atom stereocenters. The van der Waals surface area contributed by atoms with E-state index < -0.39 is 0 Å². The predicted molar refractivity (Wildman–Crippen MR) is 90.0 cm³/mol. The molecule has 4 heteroatoms. The van der Waals surface area contributed by atoms with Gasteiger partial charge < -0.3 is 10.1 Å². The third-order valence-corrected chi connectivity index (χ3v) is 4.24. The van der Waals surface area contributed by atoms with E-state index in [0.29, 0.717) is 6.61 Å². The number of nitrogens with one attached hydrogen (secondary N) is 1. The highest BCUT2D eigenvalue weighted by molar-refractivity contribution is 7.22. The van der Waals surface area contributed by atoms with Crippen LogP contribution in [0.5, 0.6) is 5.75 Å². The summed E-state index contributed by atoms with van der Waals surface area (Å²) in [7, 11) is 0. The predicted octanol–water partition coefficient (Wildman–Crippen LogP) is 5.06. The molecular formula is C17H18N2OS. The van der Waals surface area contributed by atoms with Crippen LogP contribution in [0, 0.1) is 13.8 Å². The fraction of sp³-hybridized carbons (Fsp3) is 0.235. The second-order valence-electron chi connectivity index (χ2n) is 5.02. The number of anilines is 2. The van der Waals surface area contributed by atoms with Crippen molar-refractivity contribution in [1.82, 2.24) is 4.98 Å². The lowest BCUT2D eigenvalue weighted by Crippen LogP contribution is -1.92. The van der Waals surface area contributed by atoms with Gasteiger partial charge in [-0.25, -0.2) is 4.98 Å². The minimum absolute atomic E-state index is 0.678. The van der Waals surface area contributed by atoms with E-state index in [-0.39, 0.29) is 0 Å². The molecule has 3 rings (SSSR count). The van der Waals surface area contributed by atoms with Gasteiger partial charge in [0.05, 0.1) is 16.8 Å². The zero-order valence-corrected chi connectivity index (χ0v) is 13.3. The summed E-state index contributed by atoms with van der Waals surface area (Å²) in [5.74, 6) is 0.895. The molecule has 1 heterocycles. The first kappa shape index (κ1) is 13.9. The van der Waals surface area contributed by atoms with Gasteiger partial charge in [0.1, 0.15) is 5.75 Å². The Hall–Kier alpha value is -2.07. The van der Waals surface area contributed by atoms with E-state index >= 15 is 0 Å². The van der Waals surface area contributed by atoms with Crippen molar-refractivity contribution in [2.75, 3.05) is 11.9 Å². The molecule has 0 saturated heterocycles. The Morgan fingerprint density at radius 2 is 2.00 bits per heavy atom. The van der Waals surface area contributed by atoms with E-state index in [1.807, 2.05) is 25.1 Å². The van der Waals surface area contributed by atoms with Crippen molar-refractivity contribution >= 4 is 32.4 Å². The van der Waals surface area contributed by atoms with Crippen LogP contribution in [0.25, 0.3) is 10.2 Å². The largest absolute Gasteiger partial charge is 0.494 e. The number of aromatic nitrogens is 1. The SMILES string of the molecule is CCOc1ccc2nc(Nc3cc(C)ccc3C)sc2c1. The van der Waals surface area contributed by atoms with E-state index in [4.69, 9.17) is 4.74 Å². The van der Waals surface area contributed by atoms with Gasteiger partial charge in [0.25, 0.3) is 0 Å². The van der Waals surface area contributed by atoms with Crippen LogP contribution in [0.4, 0.5) is 10.8 Å². The van der Waals surface area contributed by atoms with Crippen molar-refractivity contribution in [2.24, 2.45) is 0 Å². The van der Waals surface area contributed by atoms with Crippen molar-refractivity contribution < 1.29 is 4.74 Å². The highest BCUT2D eigenvalue weighted by atomic mass is 32.1. The second-order valence-corrected chi connectivity index (χ2v) is 6.06. The van der Waals surface area contributed by atoms with Gasteiger partial charge >= 0.3 is 0 Å². The Balaban J connectivity index is 1.92. The zero-order chi connectivity index (χ0) is 14.8.